The summed E-state index contributed by atoms with van der Waals surface area (Å²) in [5.74, 6) is 0.607. The van der Waals surface area contributed by atoms with Crippen molar-refractivity contribution in [3.8, 4) is 5.75 Å². The van der Waals surface area contributed by atoms with Crippen LogP contribution in [-0.4, -0.2) is 44.1 Å². The summed E-state index contributed by atoms with van der Waals surface area (Å²) in [5.41, 5.74) is 2.40. The van der Waals surface area contributed by atoms with Crippen LogP contribution in [0, 0.1) is 0 Å². The second kappa shape index (κ2) is 10.7. The van der Waals surface area contributed by atoms with Crippen molar-refractivity contribution < 1.29 is 9.53 Å². The molecule has 0 spiro atoms. The van der Waals surface area contributed by atoms with E-state index in [0.29, 0.717) is 5.75 Å². The number of unbranched alkanes of at least 4 members (excludes halogenated alkanes) is 1. The molecular weight excluding hydrogens is 379 g/mol. The highest BCUT2D eigenvalue weighted by molar-refractivity contribution is 14.1. The zero-order valence-electron chi connectivity index (χ0n) is 13.9. The Labute approximate surface area is 142 Å². The minimum absolute atomic E-state index is 0.348. The third kappa shape index (κ3) is 7.02. The molecule has 21 heavy (non-hydrogen) atoms. The summed E-state index contributed by atoms with van der Waals surface area (Å²) in [6.07, 6.45) is 2.93. The number of alkyl halides is 1. The average Bonchev–Trinajstić information content (AvgIpc) is 2.46. The molecule has 5 heteroatoms. The van der Waals surface area contributed by atoms with Crippen LogP contribution in [0.3, 0.4) is 0 Å². The molecule has 0 bridgehead atoms. The predicted molar refractivity (Wildman–Crippen MR) is 99.0 cm³/mol. The van der Waals surface area contributed by atoms with Crippen molar-refractivity contribution in [2.75, 3.05) is 38.0 Å². The number of aryl methyl sites for hydroxylation is 1. The molecule has 0 radical (unpaired) electrons. The standard InChI is InChI=1S/C15H24N2O2.CH3I/c1-6-7-8-12-11-13(19-15(18)17(4)5)9-10-14(12)16(2)3;1-2/h9-11H,6-8H2,1-5H3;1H3. The fourth-order valence-corrected chi connectivity index (χ4v) is 1.82. The SMILES string of the molecule is CCCCc1cc(OC(=O)N(C)C)ccc1N(C)C.CI. The molecule has 0 heterocycles. The van der Waals surface area contributed by atoms with Crippen LogP contribution in [0.25, 0.3) is 0 Å². The molecule has 4 nitrogen and oxygen atoms in total. The first kappa shape index (κ1) is 20.0. The van der Waals surface area contributed by atoms with Crippen molar-refractivity contribution in [3.63, 3.8) is 0 Å². The van der Waals surface area contributed by atoms with Gasteiger partial charge in [0.25, 0.3) is 0 Å². The first-order chi connectivity index (χ1) is 9.95. The highest BCUT2D eigenvalue weighted by atomic mass is 127. The molecule has 0 N–H and O–H groups in total. The van der Waals surface area contributed by atoms with Gasteiger partial charge in [-0.05, 0) is 41.5 Å². The van der Waals surface area contributed by atoms with Gasteiger partial charge in [-0.1, -0.05) is 35.9 Å². The summed E-state index contributed by atoms with van der Waals surface area (Å²) in [6, 6.07) is 5.81. The number of anilines is 1. The fraction of sp³-hybridized carbons (Fsp3) is 0.562. The van der Waals surface area contributed by atoms with Crippen LogP contribution in [0.4, 0.5) is 10.5 Å². The molecule has 1 aromatic carbocycles. The third-order valence-corrected chi connectivity index (χ3v) is 2.90. The second-order valence-corrected chi connectivity index (χ2v) is 5.05. The number of nitrogens with zero attached hydrogens (tertiary/aromatic N) is 2. The maximum Gasteiger partial charge on any atom is 0.414 e. The first-order valence-electron chi connectivity index (χ1n) is 7.03. The number of amides is 1. The topological polar surface area (TPSA) is 32.8 Å². The van der Waals surface area contributed by atoms with Crippen molar-refractivity contribution >= 4 is 34.4 Å². The lowest BCUT2D eigenvalue weighted by Gasteiger charge is -2.19. The van der Waals surface area contributed by atoms with Crippen LogP contribution in [0.1, 0.15) is 25.3 Å². The molecule has 0 aromatic heterocycles. The molecule has 120 valence electrons. The van der Waals surface area contributed by atoms with Crippen molar-refractivity contribution in [1.29, 1.82) is 0 Å². The van der Waals surface area contributed by atoms with Crippen LogP contribution < -0.4 is 9.64 Å². The largest absolute Gasteiger partial charge is 0.414 e. The van der Waals surface area contributed by atoms with Gasteiger partial charge in [0.15, 0.2) is 0 Å². The predicted octanol–water partition coefficient (Wildman–Crippen LogP) is 4.21. The first-order valence-corrected chi connectivity index (χ1v) is 9.18. The maximum atomic E-state index is 11.5. The number of hydrogen-bond acceptors (Lipinski definition) is 3. The van der Waals surface area contributed by atoms with Crippen LogP contribution in [0.15, 0.2) is 18.2 Å². The molecule has 1 rings (SSSR count). The lowest BCUT2D eigenvalue weighted by molar-refractivity contribution is 0.172. The van der Waals surface area contributed by atoms with E-state index < -0.39 is 0 Å². The van der Waals surface area contributed by atoms with E-state index in [-0.39, 0.29) is 6.09 Å². The fourth-order valence-electron chi connectivity index (χ4n) is 1.82. The second-order valence-electron chi connectivity index (χ2n) is 5.05. The molecule has 0 saturated heterocycles. The Morgan fingerprint density at radius 2 is 1.81 bits per heavy atom. The van der Waals surface area contributed by atoms with Gasteiger partial charge in [0, 0.05) is 33.9 Å². The summed E-state index contributed by atoms with van der Waals surface area (Å²) >= 11 is 2.15. The van der Waals surface area contributed by atoms with Gasteiger partial charge in [0.1, 0.15) is 5.75 Å². The van der Waals surface area contributed by atoms with Crippen molar-refractivity contribution in [2.45, 2.75) is 26.2 Å². The van der Waals surface area contributed by atoms with Crippen LogP contribution in [-0.2, 0) is 6.42 Å². The van der Waals surface area contributed by atoms with Gasteiger partial charge in [-0.15, -0.1) is 0 Å². The van der Waals surface area contributed by atoms with E-state index in [1.54, 1.807) is 14.1 Å². The van der Waals surface area contributed by atoms with E-state index >= 15 is 0 Å². The van der Waals surface area contributed by atoms with Gasteiger partial charge in [0.2, 0.25) is 0 Å². The molecular formula is C16H27IN2O2. The third-order valence-electron chi connectivity index (χ3n) is 2.90. The summed E-state index contributed by atoms with van der Waals surface area (Å²) < 4.78 is 5.30. The van der Waals surface area contributed by atoms with Gasteiger partial charge in [-0.2, -0.15) is 0 Å². The molecule has 1 aromatic rings. The smallest absolute Gasteiger partial charge is 0.410 e. The van der Waals surface area contributed by atoms with E-state index in [4.69, 9.17) is 4.74 Å². The van der Waals surface area contributed by atoms with Crippen LogP contribution >= 0.6 is 22.6 Å². The Balaban J connectivity index is 0.00000191. The highest BCUT2D eigenvalue weighted by Crippen LogP contribution is 2.26. The minimum atomic E-state index is -0.348. The van der Waals surface area contributed by atoms with E-state index in [0.717, 1.165) is 19.3 Å². The number of carbonyl (C=O) groups excluding carboxylic acids is 1. The van der Waals surface area contributed by atoms with Crippen molar-refractivity contribution in [3.05, 3.63) is 23.8 Å². The minimum Gasteiger partial charge on any atom is -0.410 e. The number of halogens is 1. The Morgan fingerprint density at radius 3 is 2.29 bits per heavy atom. The maximum absolute atomic E-state index is 11.5. The molecule has 0 unspecified atom stereocenters. The molecule has 0 atom stereocenters. The average molecular weight is 406 g/mol. The van der Waals surface area contributed by atoms with Crippen molar-refractivity contribution in [1.82, 2.24) is 4.90 Å². The number of carbonyl (C=O) groups is 1. The van der Waals surface area contributed by atoms with Gasteiger partial charge in [0.05, 0.1) is 0 Å². The Kier molecular flexibility index (Phi) is 10.2. The molecule has 0 aliphatic carbocycles. The summed E-state index contributed by atoms with van der Waals surface area (Å²) in [7, 11) is 7.40. The van der Waals surface area contributed by atoms with Crippen LogP contribution in [0.2, 0.25) is 0 Å². The van der Waals surface area contributed by atoms with E-state index in [1.807, 2.05) is 37.2 Å². The Hall–Kier alpha value is -0.980. The van der Waals surface area contributed by atoms with Gasteiger partial charge < -0.3 is 14.5 Å². The highest BCUT2D eigenvalue weighted by Gasteiger charge is 2.10. The normalized spacial score (nSPS) is 9.48. The number of hydrogen-bond donors (Lipinski definition) is 0. The zero-order chi connectivity index (χ0) is 16.4. The molecule has 0 fully saturated rings. The molecule has 1 amide bonds. The van der Waals surface area contributed by atoms with Crippen molar-refractivity contribution in [2.24, 2.45) is 0 Å². The van der Waals surface area contributed by atoms with E-state index in [2.05, 4.69) is 34.4 Å². The monoisotopic (exact) mass is 406 g/mol. The lowest BCUT2D eigenvalue weighted by Crippen LogP contribution is -2.25. The number of ether oxygens (including phenoxy) is 1. The lowest BCUT2D eigenvalue weighted by atomic mass is 10.1. The Bertz CT molecular complexity index is 434. The van der Waals surface area contributed by atoms with Gasteiger partial charge in [-0.25, -0.2) is 4.79 Å². The molecule has 0 aliphatic heterocycles. The molecule has 0 saturated carbocycles. The molecule has 0 aliphatic rings. The van der Waals surface area contributed by atoms with E-state index in [1.165, 1.54) is 16.2 Å². The summed E-state index contributed by atoms with van der Waals surface area (Å²) in [4.78, 5) is 17.0. The zero-order valence-corrected chi connectivity index (χ0v) is 16.1. The van der Waals surface area contributed by atoms with Crippen LogP contribution in [0.5, 0.6) is 5.75 Å². The number of rotatable bonds is 5. The number of benzene rings is 1. The van der Waals surface area contributed by atoms with Gasteiger partial charge in [-0.3, -0.25) is 0 Å². The van der Waals surface area contributed by atoms with E-state index in [9.17, 15) is 4.79 Å². The quantitative estimate of drug-likeness (QED) is 0.543. The Morgan fingerprint density at radius 1 is 1.19 bits per heavy atom. The van der Waals surface area contributed by atoms with Gasteiger partial charge >= 0.3 is 6.09 Å². The summed E-state index contributed by atoms with van der Waals surface area (Å²) in [6.45, 7) is 2.17. The summed E-state index contributed by atoms with van der Waals surface area (Å²) in [5, 5.41) is 0.